The van der Waals surface area contributed by atoms with Crippen LogP contribution in [0.15, 0.2) is 0 Å². The molecule has 0 radical (unpaired) electrons. The van der Waals surface area contributed by atoms with Gasteiger partial charge in [-0.1, -0.05) is 13.8 Å². The lowest BCUT2D eigenvalue weighted by atomic mass is 9.83. The predicted molar refractivity (Wildman–Crippen MR) is 97.2 cm³/mol. The molecule has 0 saturated carbocycles. The second kappa shape index (κ2) is 9.59. The Labute approximate surface area is 147 Å². The maximum absolute atomic E-state index is 12.0. The molecule has 24 heavy (non-hydrogen) atoms. The Kier molecular flexibility index (Phi) is 8.46. The summed E-state index contributed by atoms with van der Waals surface area (Å²) in [7, 11) is 0. The van der Waals surface area contributed by atoms with E-state index in [1.807, 2.05) is 20.8 Å². The van der Waals surface area contributed by atoms with Crippen molar-refractivity contribution in [2.24, 2.45) is 5.41 Å². The number of carbonyl (C=O) groups excluding carboxylic acids is 1. The Morgan fingerprint density at radius 3 is 2.17 bits per heavy atom. The summed E-state index contributed by atoms with van der Waals surface area (Å²) >= 11 is 0. The van der Waals surface area contributed by atoms with Gasteiger partial charge in [0.25, 0.3) is 0 Å². The van der Waals surface area contributed by atoms with Gasteiger partial charge >= 0.3 is 6.09 Å². The minimum Gasteiger partial charge on any atom is -0.444 e. The Morgan fingerprint density at radius 2 is 1.71 bits per heavy atom. The number of aliphatic hydroxyl groups is 1. The van der Waals surface area contributed by atoms with E-state index >= 15 is 0 Å². The quantitative estimate of drug-likeness (QED) is 0.659. The van der Waals surface area contributed by atoms with Crippen molar-refractivity contribution in [2.45, 2.75) is 53.1 Å². The van der Waals surface area contributed by atoms with Gasteiger partial charge in [0.15, 0.2) is 0 Å². The van der Waals surface area contributed by atoms with Crippen LogP contribution in [0, 0.1) is 5.41 Å². The van der Waals surface area contributed by atoms with E-state index in [0.29, 0.717) is 0 Å². The average molecular weight is 344 g/mol. The summed E-state index contributed by atoms with van der Waals surface area (Å²) in [5, 5.41) is 13.1. The molecule has 1 rings (SSSR count). The molecule has 1 aliphatic rings. The smallest absolute Gasteiger partial charge is 0.410 e. The van der Waals surface area contributed by atoms with Crippen LogP contribution in [0.3, 0.4) is 0 Å². The number of nitrogens with zero attached hydrogens (tertiary/aromatic N) is 2. The second-order valence-electron chi connectivity index (χ2n) is 7.85. The van der Waals surface area contributed by atoms with E-state index in [1.165, 1.54) is 0 Å². The molecular formula is C18H37N3O3. The van der Waals surface area contributed by atoms with Gasteiger partial charge in [0.05, 0.1) is 0 Å². The van der Waals surface area contributed by atoms with E-state index in [2.05, 4.69) is 24.1 Å². The standard InChI is InChI=1S/C18H37N3O3/c1-6-18(7-2,15-22)14-19-8-9-20-10-12-21(13-11-20)16(23)24-17(3,4)5/h19,22H,6-15H2,1-5H3. The topological polar surface area (TPSA) is 65.0 Å². The largest absolute Gasteiger partial charge is 0.444 e. The molecule has 0 aromatic rings. The van der Waals surface area contributed by atoms with Crippen molar-refractivity contribution in [3.63, 3.8) is 0 Å². The lowest BCUT2D eigenvalue weighted by molar-refractivity contribution is 0.0145. The SMILES string of the molecule is CCC(CC)(CO)CNCCN1CCN(C(=O)OC(C)(C)C)CC1. The fourth-order valence-electron chi connectivity index (χ4n) is 2.85. The van der Waals surface area contributed by atoms with Gasteiger partial charge in [0.1, 0.15) is 5.60 Å². The number of carbonyl (C=O) groups is 1. The van der Waals surface area contributed by atoms with E-state index < -0.39 is 5.60 Å². The number of amides is 1. The molecule has 0 spiro atoms. The number of hydrogen-bond acceptors (Lipinski definition) is 5. The molecule has 1 amide bonds. The molecule has 6 nitrogen and oxygen atoms in total. The first-order chi connectivity index (χ1) is 11.2. The first-order valence-corrected chi connectivity index (χ1v) is 9.27. The molecule has 6 heteroatoms. The summed E-state index contributed by atoms with van der Waals surface area (Å²) in [5.41, 5.74) is -0.425. The maximum atomic E-state index is 12.0. The van der Waals surface area contributed by atoms with Crippen LogP contribution < -0.4 is 5.32 Å². The van der Waals surface area contributed by atoms with Crippen molar-refractivity contribution in [3.8, 4) is 0 Å². The van der Waals surface area contributed by atoms with Crippen molar-refractivity contribution in [3.05, 3.63) is 0 Å². The molecule has 0 bridgehead atoms. The number of aliphatic hydroxyl groups excluding tert-OH is 1. The van der Waals surface area contributed by atoms with E-state index in [-0.39, 0.29) is 18.1 Å². The summed E-state index contributed by atoms with van der Waals surface area (Å²) in [4.78, 5) is 16.2. The molecule has 1 fully saturated rings. The van der Waals surface area contributed by atoms with Crippen LogP contribution in [0.25, 0.3) is 0 Å². The molecule has 1 aliphatic heterocycles. The molecule has 1 saturated heterocycles. The number of nitrogens with one attached hydrogen (secondary N) is 1. The molecule has 0 aromatic carbocycles. The number of hydrogen-bond donors (Lipinski definition) is 2. The van der Waals surface area contributed by atoms with E-state index in [1.54, 1.807) is 4.90 Å². The minimum atomic E-state index is -0.435. The van der Waals surface area contributed by atoms with Crippen molar-refractivity contribution >= 4 is 6.09 Å². The zero-order valence-electron chi connectivity index (χ0n) is 16.2. The third kappa shape index (κ3) is 6.95. The molecule has 0 aromatic heterocycles. The fourth-order valence-corrected chi connectivity index (χ4v) is 2.85. The molecule has 1 heterocycles. The summed E-state index contributed by atoms with van der Waals surface area (Å²) < 4.78 is 5.42. The van der Waals surface area contributed by atoms with E-state index in [0.717, 1.165) is 58.7 Å². The number of piperazine rings is 1. The van der Waals surface area contributed by atoms with Gasteiger partial charge in [-0.2, -0.15) is 0 Å². The monoisotopic (exact) mass is 343 g/mol. The second-order valence-corrected chi connectivity index (χ2v) is 7.85. The molecule has 0 atom stereocenters. The summed E-state index contributed by atoms with van der Waals surface area (Å²) in [6, 6.07) is 0. The minimum absolute atomic E-state index is 0.00934. The van der Waals surface area contributed by atoms with Crippen LogP contribution >= 0.6 is 0 Å². The van der Waals surface area contributed by atoms with Gasteiger partial charge in [-0.3, -0.25) is 4.90 Å². The van der Waals surface area contributed by atoms with Gasteiger partial charge < -0.3 is 20.1 Å². The Bertz CT molecular complexity index is 362. The predicted octanol–water partition coefficient (Wildman–Crippen LogP) is 1.93. The van der Waals surface area contributed by atoms with Crippen LogP contribution in [-0.4, -0.2) is 79.0 Å². The van der Waals surface area contributed by atoms with Gasteiger partial charge in [-0.25, -0.2) is 4.79 Å². The van der Waals surface area contributed by atoms with Gasteiger partial charge in [-0.15, -0.1) is 0 Å². The van der Waals surface area contributed by atoms with Gasteiger partial charge in [-0.05, 0) is 33.6 Å². The van der Waals surface area contributed by atoms with Crippen molar-refractivity contribution in [1.29, 1.82) is 0 Å². The van der Waals surface area contributed by atoms with Crippen molar-refractivity contribution < 1.29 is 14.6 Å². The average Bonchev–Trinajstić information content (AvgIpc) is 2.55. The van der Waals surface area contributed by atoms with Gasteiger partial charge in [0.2, 0.25) is 0 Å². The Morgan fingerprint density at radius 1 is 1.12 bits per heavy atom. The third-order valence-corrected chi connectivity index (χ3v) is 4.96. The van der Waals surface area contributed by atoms with Crippen LogP contribution in [0.2, 0.25) is 0 Å². The number of ether oxygens (including phenoxy) is 1. The Hall–Kier alpha value is -0.850. The lowest BCUT2D eigenvalue weighted by Gasteiger charge is -2.36. The highest BCUT2D eigenvalue weighted by atomic mass is 16.6. The molecule has 142 valence electrons. The van der Waals surface area contributed by atoms with Crippen LogP contribution in [0.1, 0.15) is 47.5 Å². The molecule has 0 aliphatic carbocycles. The summed E-state index contributed by atoms with van der Waals surface area (Å²) in [6.07, 6.45) is 1.77. The van der Waals surface area contributed by atoms with Crippen LogP contribution in [-0.2, 0) is 4.74 Å². The van der Waals surface area contributed by atoms with E-state index in [9.17, 15) is 9.90 Å². The fraction of sp³-hybridized carbons (Fsp3) is 0.944. The van der Waals surface area contributed by atoms with Crippen molar-refractivity contribution in [2.75, 3.05) is 52.4 Å². The zero-order valence-corrected chi connectivity index (χ0v) is 16.2. The highest BCUT2D eigenvalue weighted by molar-refractivity contribution is 5.68. The Balaban J connectivity index is 2.24. The summed E-state index contributed by atoms with van der Waals surface area (Å²) in [6.45, 7) is 16.1. The van der Waals surface area contributed by atoms with Gasteiger partial charge in [0, 0.05) is 57.8 Å². The van der Waals surface area contributed by atoms with E-state index in [4.69, 9.17) is 4.74 Å². The first-order valence-electron chi connectivity index (χ1n) is 9.27. The summed E-state index contributed by atoms with van der Waals surface area (Å²) in [5.74, 6) is 0. The highest BCUT2D eigenvalue weighted by Crippen LogP contribution is 2.24. The highest BCUT2D eigenvalue weighted by Gasteiger charge is 2.26. The lowest BCUT2D eigenvalue weighted by Crippen LogP contribution is -2.51. The van der Waals surface area contributed by atoms with Crippen LogP contribution in [0.4, 0.5) is 4.79 Å². The normalized spacial score (nSPS) is 17.2. The number of rotatable bonds is 8. The molecular weight excluding hydrogens is 306 g/mol. The van der Waals surface area contributed by atoms with Crippen molar-refractivity contribution in [1.82, 2.24) is 15.1 Å². The first kappa shape index (κ1) is 21.2. The van der Waals surface area contributed by atoms with Crippen LogP contribution in [0.5, 0.6) is 0 Å². The zero-order chi connectivity index (χ0) is 18.2. The maximum Gasteiger partial charge on any atom is 0.410 e. The molecule has 2 N–H and O–H groups in total. The molecule has 0 unspecified atom stereocenters. The third-order valence-electron chi connectivity index (χ3n) is 4.96.